The van der Waals surface area contributed by atoms with Crippen LogP contribution in [0, 0.1) is 0 Å². The Labute approximate surface area is 815 Å². The SMILES string of the molecule is CCCCCCCCC=CCCCCCCCC(=O)C[N+](C)(C)C(=O)CCCCCCCC=CCCCCCCCC.CCCCCCCCC=CCCCCCCCC(=O)C[N+](C)(C)C(=O)CCCCCCCC=CCCCCCCCC.CCCCCCCCC=CCCCCCCCC(=O)C[N+](C)(C)C(=O)CCCCCCCC=CCCCCCCCC.O=P([O-])([O-])[O-]. The Bertz CT molecular complexity index is 2440. The van der Waals surface area contributed by atoms with Crippen LogP contribution in [0.25, 0.3) is 0 Å². The maximum Gasteiger partial charge on any atom is 0.313 e. The van der Waals surface area contributed by atoms with Crippen molar-refractivity contribution in [2.45, 2.75) is 581 Å². The molecule has 0 aliphatic rings. The van der Waals surface area contributed by atoms with E-state index in [2.05, 4.69) is 114 Å². The lowest BCUT2D eigenvalue weighted by atomic mass is 10.1. The number of rotatable bonds is 96. The molecule has 770 valence electrons. The van der Waals surface area contributed by atoms with Gasteiger partial charge in [0.25, 0.3) is 0 Å². The van der Waals surface area contributed by atoms with Crippen molar-refractivity contribution >= 4 is 42.9 Å². The van der Waals surface area contributed by atoms with Gasteiger partial charge in [0.1, 0.15) is 19.6 Å². The number of carbonyl (C=O) groups excluding carboxylic acids is 6. The van der Waals surface area contributed by atoms with Crippen LogP contribution in [0.2, 0.25) is 0 Å². The molecule has 13 nitrogen and oxygen atoms in total. The molecule has 14 heteroatoms. The first kappa shape index (κ1) is 134. The largest absolute Gasteiger partial charge is 0.822 e. The Morgan fingerprint density at radius 1 is 0.176 bits per heavy atom. The Kier molecular flexibility index (Phi) is 108. The number of hydrogen-bond acceptors (Lipinski definition) is 10. The van der Waals surface area contributed by atoms with Gasteiger partial charge in [-0.2, -0.15) is 7.82 Å². The van der Waals surface area contributed by atoms with Gasteiger partial charge in [-0.1, -0.05) is 423 Å². The fourth-order valence-corrected chi connectivity index (χ4v) is 17.0. The highest BCUT2D eigenvalue weighted by Gasteiger charge is 2.31. The zero-order chi connectivity index (χ0) is 97.5. The molecule has 0 saturated carbocycles. The van der Waals surface area contributed by atoms with Crippen LogP contribution in [0.3, 0.4) is 0 Å². The fraction of sp³-hybridized carbons (Fsp3) is 0.846. The molecular formula is C117H222N3O10P. The average molecular weight is 1860 g/mol. The molecule has 0 heterocycles. The second-order valence-electron chi connectivity index (χ2n) is 40.8. The van der Waals surface area contributed by atoms with Crippen molar-refractivity contribution in [2.24, 2.45) is 0 Å². The smallest absolute Gasteiger partial charge is 0.313 e. The lowest BCUT2D eigenvalue weighted by Crippen LogP contribution is -2.48. The molecule has 0 aliphatic heterocycles. The number of unbranched alkanes of at least 4 members (excludes halogenated alkanes) is 66. The highest BCUT2D eigenvalue weighted by atomic mass is 31.2. The van der Waals surface area contributed by atoms with Crippen LogP contribution in [0.4, 0.5) is 0 Å². The van der Waals surface area contributed by atoms with E-state index in [9.17, 15) is 28.8 Å². The molecule has 0 rings (SSSR count). The minimum Gasteiger partial charge on any atom is -0.822 e. The number of carbonyl (C=O) groups is 6. The van der Waals surface area contributed by atoms with Gasteiger partial charge in [0, 0.05) is 19.3 Å². The number of ketones is 3. The van der Waals surface area contributed by atoms with Gasteiger partial charge >= 0.3 is 17.7 Å². The molecule has 0 aromatic heterocycles. The minimum atomic E-state index is -5.39. The predicted octanol–water partition coefficient (Wildman–Crippen LogP) is 33.9. The van der Waals surface area contributed by atoms with E-state index in [1.165, 1.54) is 424 Å². The molecule has 3 amide bonds. The molecule has 0 aromatic rings. The second-order valence-corrected chi connectivity index (χ2v) is 41.7. The number of Topliss-reactive ketones (excluding diaryl/α,β-unsaturated/α-hetero) is 3. The summed E-state index contributed by atoms with van der Waals surface area (Å²) in [7, 11) is 6.10. The summed E-state index contributed by atoms with van der Waals surface area (Å²) in [5.41, 5.74) is 0. The third-order valence-corrected chi connectivity index (χ3v) is 25.8. The molecule has 0 saturated heterocycles. The highest BCUT2D eigenvalue weighted by molar-refractivity contribution is 7.40. The summed E-state index contributed by atoms with van der Waals surface area (Å²) in [4.78, 5) is 101. The molecule has 0 spiro atoms. The van der Waals surface area contributed by atoms with E-state index in [0.29, 0.717) is 58.2 Å². The maximum atomic E-state index is 12.8. The van der Waals surface area contributed by atoms with Crippen LogP contribution in [-0.4, -0.2) is 110 Å². The fourth-order valence-electron chi connectivity index (χ4n) is 17.0. The molecule has 0 N–H and O–H groups in total. The first-order chi connectivity index (χ1) is 63.3. The van der Waals surface area contributed by atoms with E-state index in [0.717, 1.165) is 77.0 Å². The van der Waals surface area contributed by atoms with E-state index in [1.807, 2.05) is 42.3 Å². The van der Waals surface area contributed by atoms with Gasteiger partial charge < -0.3 is 19.2 Å². The van der Waals surface area contributed by atoms with Crippen LogP contribution in [-0.2, 0) is 33.3 Å². The monoisotopic (exact) mass is 1860 g/mol. The number of quaternary nitrogens is 3. The van der Waals surface area contributed by atoms with Crippen LogP contribution >= 0.6 is 7.82 Å². The van der Waals surface area contributed by atoms with Crippen molar-refractivity contribution in [3.05, 3.63) is 72.9 Å². The number of amides is 3. The molecule has 0 aliphatic carbocycles. The summed E-state index contributed by atoms with van der Waals surface area (Å²) in [5.74, 6) is 1.38. The molecule has 0 bridgehead atoms. The van der Waals surface area contributed by atoms with Gasteiger partial charge in [-0.25, -0.2) is 14.4 Å². The predicted molar refractivity (Wildman–Crippen MR) is 565 cm³/mol. The van der Waals surface area contributed by atoms with Crippen molar-refractivity contribution < 1.29 is 61.5 Å². The normalized spacial score (nSPS) is 12.2. The van der Waals surface area contributed by atoms with E-state index in [-0.39, 0.29) is 48.5 Å². The first-order valence-electron chi connectivity index (χ1n) is 56.6. The van der Waals surface area contributed by atoms with Gasteiger partial charge in [0.05, 0.1) is 61.5 Å². The Balaban J connectivity index is -0.000000898. The summed E-state index contributed by atoms with van der Waals surface area (Å²) in [6.45, 7) is 14.7. The Morgan fingerprint density at radius 3 is 0.397 bits per heavy atom. The highest BCUT2D eigenvalue weighted by Crippen LogP contribution is 2.22. The summed E-state index contributed by atoms with van der Waals surface area (Å²) in [6, 6.07) is 0. The third kappa shape index (κ3) is 113. The zero-order valence-electron chi connectivity index (χ0n) is 89.3. The van der Waals surface area contributed by atoms with Gasteiger partial charge in [0.15, 0.2) is 17.3 Å². The van der Waals surface area contributed by atoms with E-state index in [1.54, 1.807) is 0 Å². The molecular weight excluding hydrogens is 1640 g/mol. The van der Waals surface area contributed by atoms with E-state index >= 15 is 0 Å². The van der Waals surface area contributed by atoms with Gasteiger partial charge in [-0.15, -0.1) is 0 Å². The van der Waals surface area contributed by atoms with Crippen molar-refractivity contribution in [3.8, 4) is 0 Å². The van der Waals surface area contributed by atoms with Crippen LogP contribution in [0.15, 0.2) is 72.9 Å². The van der Waals surface area contributed by atoms with Crippen molar-refractivity contribution in [1.29, 1.82) is 0 Å². The van der Waals surface area contributed by atoms with Crippen molar-refractivity contribution in [3.63, 3.8) is 0 Å². The molecule has 131 heavy (non-hydrogen) atoms. The van der Waals surface area contributed by atoms with E-state index in [4.69, 9.17) is 19.2 Å². The molecule has 0 aromatic carbocycles. The minimum absolute atomic E-state index is 0.213. The zero-order valence-corrected chi connectivity index (χ0v) is 90.2. The van der Waals surface area contributed by atoms with Gasteiger partial charge in [-0.3, -0.25) is 27.8 Å². The van der Waals surface area contributed by atoms with Gasteiger partial charge in [-0.05, 0) is 193 Å². The molecule has 0 fully saturated rings. The van der Waals surface area contributed by atoms with Crippen molar-refractivity contribution in [1.82, 2.24) is 0 Å². The Morgan fingerprint density at radius 2 is 0.275 bits per heavy atom. The first-order valence-corrected chi connectivity index (χ1v) is 58.0. The number of likely N-dealkylation sites (N-methyl/N-ethyl adjacent to an activating group) is 3. The summed E-state index contributed by atoms with van der Waals surface area (Å²) in [5, 5.41) is 0. The number of nitrogens with zero attached hydrogens (tertiary/aromatic N) is 3. The maximum absolute atomic E-state index is 12.8. The topological polar surface area (TPSA) is 189 Å². The summed E-state index contributed by atoms with van der Waals surface area (Å²) >= 11 is 0. The average Bonchev–Trinajstić information content (AvgIpc) is 0.884. The van der Waals surface area contributed by atoms with Crippen LogP contribution < -0.4 is 14.7 Å². The lowest BCUT2D eigenvalue weighted by Gasteiger charge is -2.36. The summed E-state index contributed by atoms with van der Waals surface area (Å²) in [6.07, 6.45) is 131. The van der Waals surface area contributed by atoms with Crippen LogP contribution in [0.1, 0.15) is 581 Å². The van der Waals surface area contributed by atoms with E-state index < -0.39 is 7.82 Å². The Hall–Kier alpha value is -3.55. The standard InChI is InChI=1S/3C39H74NO2.H3O4P/c3*1-5-7-9-11-13-15-17-19-21-23-25-27-29-31-33-35-38(41)37-40(3,4)39(42)36-34-32-30-28-26-24-22-20-18-16-14-12-10-8-6-2;1-5(2,3)4/h3*19-22H,5-18,23-37H2,1-4H3;(H3,1,2,3,4)/q3*+1;/p-3. The molecule has 0 atom stereocenters. The molecule has 0 unspecified atom stereocenters. The summed E-state index contributed by atoms with van der Waals surface area (Å²) < 4.78 is 9.20. The lowest BCUT2D eigenvalue weighted by molar-refractivity contribution is -0.805. The quantitative estimate of drug-likeness (QED) is 0.0245. The van der Waals surface area contributed by atoms with Gasteiger partial charge in [0.2, 0.25) is 0 Å². The van der Waals surface area contributed by atoms with Crippen LogP contribution in [0.5, 0.6) is 0 Å². The number of allylic oxidation sites excluding steroid dienone is 12. The molecule has 0 radical (unpaired) electrons. The van der Waals surface area contributed by atoms with Crippen molar-refractivity contribution in [2.75, 3.05) is 61.9 Å². The number of phosphoric acid groups is 1. The third-order valence-electron chi connectivity index (χ3n) is 25.8. The second kappa shape index (κ2) is 105. The number of hydrogen-bond donors (Lipinski definition) is 0.